The molecule has 11 nitrogen and oxygen atoms in total. The molecular weight excluding hydrogens is 596 g/mol. The van der Waals surface area contributed by atoms with E-state index in [2.05, 4.69) is 21.0 Å². The van der Waals surface area contributed by atoms with Crippen LogP contribution in [0.5, 0.6) is 11.5 Å². The first kappa shape index (κ1) is 29.4. The van der Waals surface area contributed by atoms with Gasteiger partial charge in [0, 0.05) is 17.2 Å². The van der Waals surface area contributed by atoms with E-state index in [0.717, 1.165) is 16.9 Å². The molecule has 0 saturated carbocycles. The molecule has 0 unspecified atom stereocenters. The summed E-state index contributed by atoms with van der Waals surface area (Å²) < 4.78 is 12.3. The second-order valence-electron chi connectivity index (χ2n) is 9.40. The summed E-state index contributed by atoms with van der Waals surface area (Å²) in [5.74, 6) is -0.338. The molecule has 1 aromatic heterocycles. The number of nitrogens with zero attached hydrogens (tertiary/aromatic N) is 4. The van der Waals surface area contributed by atoms with Crippen molar-refractivity contribution < 1.29 is 24.3 Å². The lowest BCUT2D eigenvalue weighted by Crippen LogP contribution is -2.21. The highest BCUT2D eigenvalue weighted by molar-refractivity contribution is 9.10. The quantitative estimate of drug-likeness (QED) is 0.130. The number of carboxylic acid groups (broad SMARTS) is 1. The highest BCUT2D eigenvalue weighted by Gasteiger charge is 2.22. The molecule has 1 N–H and O–H groups in total. The van der Waals surface area contributed by atoms with Crippen LogP contribution < -0.4 is 15.0 Å². The van der Waals surface area contributed by atoms with Crippen LogP contribution in [0.25, 0.3) is 22.3 Å². The number of para-hydroxylation sites is 1. The summed E-state index contributed by atoms with van der Waals surface area (Å²) in [6.45, 7) is 7.65. The number of halogens is 1. The Morgan fingerprint density at radius 3 is 2.61 bits per heavy atom. The van der Waals surface area contributed by atoms with Crippen molar-refractivity contribution in [3.63, 3.8) is 0 Å². The number of nitro benzene ring substituents is 1. The average Bonchev–Trinajstić information content (AvgIpc) is 2.91. The molecule has 0 saturated heterocycles. The third-order valence-corrected chi connectivity index (χ3v) is 6.77. The summed E-state index contributed by atoms with van der Waals surface area (Å²) >= 11 is 3.21. The molecule has 0 radical (unpaired) electrons. The van der Waals surface area contributed by atoms with Crippen molar-refractivity contribution in [2.24, 2.45) is 5.10 Å². The molecule has 0 amide bonds. The molecule has 12 heteroatoms. The van der Waals surface area contributed by atoms with Crippen LogP contribution in [0.2, 0.25) is 0 Å². The zero-order valence-electron chi connectivity index (χ0n) is 22.8. The van der Waals surface area contributed by atoms with Gasteiger partial charge in [-0.15, -0.1) is 0 Å². The molecule has 0 bridgehead atoms. The predicted octanol–water partition coefficient (Wildman–Crippen LogP) is 5.91. The molecule has 4 aromatic rings. The number of nitro groups is 1. The molecule has 0 fully saturated rings. The normalized spacial score (nSPS) is 11.4. The fourth-order valence-electron chi connectivity index (χ4n) is 4.29. The number of rotatable bonds is 10. The maximum absolute atomic E-state index is 13.7. The molecule has 0 spiro atoms. The van der Waals surface area contributed by atoms with Crippen LogP contribution in [-0.4, -0.2) is 45.1 Å². The van der Waals surface area contributed by atoms with Crippen molar-refractivity contribution in [1.82, 2.24) is 9.66 Å². The third-order valence-electron chi connectivity index (χ3n) is 6.18. The minimum Gasteiger partial charge on any atom is -0.494 e. The summed E-state index contributed by atoms with van der Waals surface area (Å²) in [5.41, 5.74) is 2.33. The summed E-state index contributed by atoms with van der Waals surface area (Å²) in [6.07, 6.45) is 1.30. The van der Waals surface area contributed by atoms with E-state index in [9.17, 15) is 19.7 Å². The van der Waals surface area contributed by atoms with Gasteiger partial charge < -0.3 is 14.6 Å². The van der Waals surface area contributed by atoms with Crippen LogP contribution in [0.4, 0.5) is 5.69 Å². The summed E-state index contributed by atoms with van der Waals surface area (Å²) in [6, 6.07) is 13.5. The van der Waals surface area contributed by atoms with Gasteiger partial charge in [0.25, 0.3) is 5.56 Å². The number of hydrogen-bond donors (Lipinski definition) is 1. The van der Waals surface area contributed by atoms with Crippen molar-refractivity contribution in [2.45, 2.75) is 33.6 Å². The zero-order chi connectivity index (χ0) is 29.8. The monoisotopic (exact) mass is 622 g/mol. The highest BCUT2D eigenvalue weighted by atomic mass is 79.9. The van der Waals surface area contributed by atoms with Gasteiger partial charge in [-0.25, -0.2) is 9.78 Å². The van der Waals surface area contributed by atoms with E-state index in [1.54, 1.807) is 24.3 Å². The van der Waals surface area contributed by atoms with Gasteiger partial charge in [-0.2, -0.15) is 9.78 Å². The Hall–Kier alpha value is -4.58. The fourth-order valence-corrected chi connectivity index (χ4v) is 4.87. The largest absolute Gasteiger partial charge is 0.494 e. The molecule has 0 aliphatic heterocycles. The van der Waals surface area contributed by atoms with Gasteiger partial charge in [0.05, 0.1) is 33.1 Å². The Bertz CT molecular complexity index is 1750. The molecule has 0 atom stereocenters. The number of carboxylic acids is 1. The van der Waals surface area contributed by atoms with Crippen molar-refractivity contribution in [2.75, 3.05) is 13.2 Å². The molecule has 212 valence electrons. The van der Waals surface area contributed by atoms with Gasteiger partial charge in [0.1, 0.15) is 5.75 Å². The smallest absolute Gasteiger partial charge is 0.341 e. The van der Waals surface area contributed by atoms with Gasteiger partial charge in [-0.3, -0.25) is 14.9 Å². The van der Waals surface area contributed by atoms with E-state index >= 15 is 0 Å². The van der Waals surface area contributed by atoms with Crippen molar-refractivity contribution >= 4 is 44.7 Å². The van der Waals surface area contributed by atoms with Gasteiger partial charge in [-0.1, -0.05) is 26.0 Å². The van der Waals surface area contributed by atoms with E-state index in [-0.39, 0.29) is 21.7 Å². The topological polar surface area (TPSA) is 146 Å². The second-order valence-corrected chi connectivity index (χ2v) is 10.3. The Kier molecular flexibility index (Phi) is 8.82. The molecular formula is C29H27BrN4O7. The van der Waals surface area contributed by atoms with E-state index in [1.165, 1.54) is 23.0 Å². The lowest BCUT2D eigenvalue weighted by atomic mass is 9.96. The molecule has 0 aliphatic carbocycles. The Labute approximate surface area is 243 Å². The van der Waals surface area contributed by atoms with Crippen molar-refractivity contribution in [3.8, 4) is 22.9 Å². The van der Waals surface area contributed by atoms with Crippen LogP contribution in [0.3, 0.4) is 0 Å². The fraction of sp³-hybridized carbons (Fsp3) is 0.241. The summed E-state index contributed by atoms with van der Waals surface area (Å²) in [5, 5.41) is 25.4. The highest BCUT2D eigenvalue weighted by Crippen LogP contribution is 2.37. The van der Waals surface area contributed by atoms with Crippen LogP contribution >= 0.6 is 15.9 Å². The number of carbonyl (C=O) groups is 1. The Balaban J connectivity index is 1.92. The van der Waals surface area contributed by atoms with E-state index in [1.807, 2.05) is 39.8 Å². The van der Waals surface area contributed by atoms with E-state index in [4.69, 9.17) is 19.6 Å². The molecule has 3 aromatic carbocycles. The van der Waals surface area contributed by atoms with E-state index < -0.39 is 28.7 Å². The number of fused-ring (bicyclic) bond motifs is 1. The summed E-state index contributed by atoms with van der Waals surface area (Å²) in [7, 11) is 0. The third kappa shape index (κ3) is 6.27. The standard InChI is InChI=1S/C29H27BrN4O7/c1-5-40-25-10-17(4)21(13-20(25)16(2)3)28-32-23-9-7-6-8-19(23)29(37)33(28)31-14-18-11-22(30)27(41-15-26(35)36)24(12-18)34(38)39/h6-14,16H,5,15H2,1-4H3,(H,35,36). The minimum atomic E-state index is -1.28. The molecule has 1 heterocycles. The number of aliphatic carboxylic acids is 1. The Morgan fingerprint density at radius 2 is 1.95 bits per heavy atom. The van der Waals surface area contributed by atoms with Gasteiger partial charge in [0.15, 0.2) is 12.4 Å². The predicted molar refractivity (Wildman–Crippen MR) is 158 cm³/mol. The molecule has 4 rings (SSSR count). The molecule has 0 aliphatic rings. The van der Waals surface area contributed by atoms with E-state index in [0.29, 0.717) is 28.9 Å². The van der Waals surface area contributed by atoms with Gasteiger partial charge in [-0.05, 0) is 77.2 Å². The first-order valence-corrected chi connectivity index (χ1v) is 13.5. The summed E-state index contributed by atoms with van der Waals surface area (Å²) in [4.78, 5) is 40.4. The van der Waals surface area contributed by atoms with Gasteiger partial charge >= 0.3 is 11.7 Å². The second kappa shape index (κ2) is 12.3. The lowest BCUT2D eigenvalue weighted by molar-refractivity contribution is -0.385. The SMILES string of the molecule is CCOc1cc(C)c(-c2nc3ccccc3c(=O)n2N=Cc2cc(Br)c(OCC(=O)O)c([N+](=O)[O-])c2)cc1C(C)C. The maximum atomic E-state index is 13.7. The number of aryl methyl sites for hydroxylation is 1. The minimum absolute atomic E-state index is 0.125. The van der Waals surface area contributed by atoms with Crippen LogP contribution in [0.1, 0.15) is 43.4 Å². The maximum Gasteiger partial charge on any atom is 0.341 e. The Morgan fingerprint density at radius 1 is 1.22 bits per heavy atom. The average molecular weight is 623 g/mol. The molecule has 41 heavy (non-hydrogen) atoms. The first-order chi connectivity index (χ1) is 19.5. The van der Waals surface area contributed by atoms with Gasteiger partial charge in [0.2, 0.25) is 5.75 Å². The van der Waals surface area contributed by atoms with Crippen LogP contribution in [-0.2, 0) is 4.79 Å². The first-order valence-electron chi connectivity index (χ1n) is 12.7. The number of benzene rings is 3. The number of hydrogen-bond acceptors (Lipinski definition) is 8. The van der Waals surface area contributed by atoms with Crippen molar-refractivity contribution in [1.29, 1.82) is 0 Å². The van der Waals surface area contributed by atoms with Crippen LogP contribution in [0, 0.1) is 17.0 Å². The van der Waals surface area contributed by atoms with Crippen molar-refractivity contribution in [3.05, 3.63) is 90.2 Å². The van der Waals surface area contributed by atoms with Crippen LogP contribution in [0.15, 0.2) is 62.9 Å². The zero-order valence-corrected chi connectivity index (χ0v) is 24.3. The lowest BCUT2D eigenvalue weighted by Gasteiger charge is -2.18. The number of aromatic nitrogens is 2. The number of ether oxygens (including phenoxy) is 2.